The summed E-state index contributed by atoms with van der Waals surface area (Å²) in [6.07, 6.45) is 4.85. The Morgan fingerprint density at radius 3 is 2.82 bits per heavy atom. The topological polar surface area (TPSA) is 86.6 Å². The molecule has 8 heteroatoms. The van der Waals surface area contributed by atoms with Gasteiger partial charge in [-0.2, -0.15) is 4.52 Å². The SMILES string of the molecule is O=C(c1cnc2nc[nH]n2c1=O)N1C[C@H]2CC[C@@H]1CN(Cc1ccccc1)C2. The molecule has 0 saturated carbocycles. The highest BCUT2D eigenvalue weighted by molar-refractivity contribution is 5.94. The maximum absolute atomic E-state index is 13.2. The summed E-state index contributed by atoms with van der Waals surface area (Å²) in [7, 11) is 0. The predicted molar refractivity (Wildman–Crippen MR) is 103 cm³/mol. The van der Waals surface area contributed by atoms with Crippen molar-refractivity contribution in [3.05, 3.63) is 64.3 Å². The molecule has 2 aromatic heterocycles. The number of piperidine rings is 1. The number of amides is 1. The third kappa shape index (κ3) is 2.99. The van der Waals surface area contributed by atoms with Crippen molar-refractivity contribution in [2.24, 2.45) is 5.92 Å². The van der Waals surface area contributed by atoms with E-state index in [0.717, 1.165) is 32.5 Å². The van der Waals surface area contributed by atoms with Crippen LogP contribution in [0, 0.1) is 5.92 Å². The molecule has 6 rings (SSSR count). The summed E-state index contributed by atoms with van der Waals surface area (Å²) in [4.78, 5) is 38.3. The minimum Gasteiger partial charge on any atom is -0.334 e. The van der Waals surface area contributed by atoms with Crippen LogP contribution < -0.4 is 5.56 Å². The Kier molecular flexibility index (Phi) is 4.20. The van der Waals surface area contributed by atoms with E-state index in [0.29, 0.717) is 12.5 Å². The number of nitrogens with zero attached hydrogens (tertiary/aromatic N) is 5. The lowest BCUT2D eigenvalue weighted by Gasteiger charge is -2.36. The number of carbonyl (C=O) groups is 1. The van der Waals surface area contributed by atoms with Gasteiger partial charge in [0, 0.05) is 38.4 Å². The number of carbonyl (C=O) groups excluding carboxylic acids is 1. The molecule has 2 atom stereocenters. The molecule has 1 N–H and O–H groups in total. The van der Waals surface area contributed by atoms with E-state index >= 15 is 0 Å². The zero-order chi connectivity index (χ0) is 19.1. The van der Waals surface area contributed by atoms with E-state index in [2.05, 4.69) is 44.2 Å². The van der Waals surface area contributed by atoms with Crippen molar-refractivity contribution < 1.29 is 4.79 Å². The minimum absolute atomic E-state index is 0.101. The number of rotatable bonds is 3. The van der Waals surface area contributed by atoms with E-state index in [1.54, 1.807) is 0 Å². The van der Waals surface area contributed by atoms with Gasteiger partial charge in [-0.3, -0.25) is 19.6 Å². The fraction of sp³-hybridized carbons (Fsp3) is 0.400. The Labute approximate surface area is 161 Å². The Morgan fingerprint density at radius 1 is 1.11 bits per heavy atom. The van der Waals surface area contributed by atoms with Crippen LogP contribution in [-0.2, 0) is 6.54 Å². The van der Waals surface area contributed by atoms with Crippen molar-refractivity contribution >= 4 is 11.7 Å². The van der Waals surface area contributed by atoms with Gasteiger partial charge >= 0.3 is 0 Å². The van der Waals surface area contributed by atoms with Gasteiger partial charge < -0.3 is 4.90 Å². The molecule has 1 aromatic carbocycles. The standard InChI is InChI=1S/C20H22N6O2/c27-18(17-8-21-20-22-13-23-26(20)19(17)28)25-11-15-6-7-16(25)12-24(10-15)9-14-4-2-1-3-5-14/h1-5,8,13,15-16H,6-7,9-12H2,(H,21,22,23)/t15-,16+/m0/s1. The van der Waals surface area contributed by atoms with Crippen molar-refractivity contribution in [1.29, 1.82) is 0 Å². The van der Waals surface area contributed by atoms with Gasteiger partial charge in [0.25, 0.3) is 17.2 Å². The van der Waals surface area contributed by atoms with Crippen molar-refractivity contribution in [2.75, 3.05) is 19.6 Å². The first-order chi connectivity index (χ1) is 13.7. The van der Waals surface area contributed by atoms with Gasteiger partial charge in [-0.05, 0) is 24.3 Å². The van der Waals surface area contributed by atoms with Crippen LogP contribution in [0.5, 0.6) is 0 Å². The summed E-state index contributed by atoms with van der Waals surface area (Å²) in [6.45, 7) is 3.39. The summed E-state index contributed by atoms with van der Waals surface area (Å²) in [5, 5.41) is 2.72. The zero-order valence-corrected chi connectivity index (χ0v) is 15.5. The first-order valence-electron chi connectivity index (χ1n) is 9.67. The van der Waals surface area contributed by atoms with E-state index in [1.165, 1.54) is 22.6 Å². The number of H-pyrrole nitrogens is 1. The highest BCUT2D eigenvalue weighted by Crippen LogP contribution is 2.29. The molecule has 28 heavy (non-hydrogen) atoms. The molecule has 8 nitrogen and oxygen atoms in total. The van der Waals surface area contributed by atoms with Crippen LogP contribution in [-0.4, -0.2) is 61.0 Å². The van der Waals surface area contributed by atoms with Crippen LogP contribution in [0.25, 0.3) is 5.78 Å². The maximum Gasteiger partial charge on any atom is 0.286 e. The first kappa shape index (κ1) is 17.1. The van der Waals surface area contributed by atoms with Gasteiger partial charge in [0.2, 0.25) is 0 Å². The molecule has 3 aliphatic heterocycles. The zero-order valence-electron chi connectivity index (χ0n) is 15.5. The quantitative estimate of drug-likeness (QED) is 0.739. The largest absolute Gasteiger partial charge is 0.334 e. The molecule has 0 unspecified atom stereocenters. The summed E-state index contributed by atoms with van der Waals surface area (Å²) >= 11 is 0. The van der Waals surface area contributed by atoms with E-state index < -0.39 is 5.56 Å². The van der Waals surface area contributed by atoms with Crippen LogP contribution in [0.2, 0.25) is 0 Å². The second-order valence-electron chi connectivity index (χ2n) is 7.73. The monoisotopic (exact) mass is 378 g/mol. The molecule has 0 aliphatic carbocycles. The number of aromatic amines is 1. The molecule has 1 amide bonds. The second-order valence-corrected chi connectivity index (χ2v) is 7.73. The molecular weight excluding hydrogens is 356 g/mol. The highest BCUT2D eigenvalue weighted by Gasteiger charge is 2.38. The summed E-state index contributed by atoms with van der Waals surface area (Å²) in [5.74, 6) is 0.476. The van der Waals surface area contributed by atoms with E-state index in [4.69, 9.17) is 0 Å². The first-order valence-corrected chi connectivity index (χ1v) is 9.67. The normalized spacial score (nSPS) is 22.5. The van der Waals surface area contributed by atoms with Gasteiger partial charge in [-0.1, -0.05) is 30.3 Å². The van der Waals surface area contributed by atoms with Gasteiger partial charge in [-0.25, -0.2) is 9.97 Å². The van der Waals surface area contributed by atoms with Crippen molar-refractivity contribution in [3.8, 4) is 0 Å². The van der Waals surface area contributed by atoms with Crippen LogP contribution in [0.15, 0.2) is 47.7 Å². The number of fused-ring (bicyclic) bond motifs is 5. The van der Waals surface area contributed by atoms with Gasteiger partial charge in [0.1, 0.15) is 11.9 Å². The lowest BCUT2D eigenvalue weighted by atomic mass is 9.94. The molecule has 5 heterocycles. The van der Waals surface area contributed by atoms with E-state index in [-0.39, 0.29) is 23.3 Å². The molecule has 3 aromatic rings. The number of nitrogens with one attached hydrogen (secondary N) is 1. The molecule has 0 radical (unpaired) electrons. The Morgan fingerprint density at radius 2 is 1.96 bits per heavy atom. The van der Waals surface area contributed by atoms with Crippen molar-refractivity contribution in [2.45, 2.75) is 25.4 Å². The van der Waals surface area contributed by atoms with E-state index in [1.807, 2.05) is 11.0 Å². The summed E-state index contributed by atoms with van der Waals surface area (Å²) in [6, 6.07) is 10.5. The molecule has 0 spiro atoms. The number of benzene rings is 1. The lowest BCUT2D eigenvalue weighted by molar-refractivity contribution is 0.0582. The molecular formula is C20H22N6O2. The number of hydrogen-bond donors (Lipinski definition) is 1. The predicted octanol–water partition coefficient (Wildman–Crippen LogP) is 1.15. The van der Waals surface area contributed by atoms with Crippen LogP contribution in [0.1, 0.15) is 28.8 Å². The molecule has 3 aliphatic rings. The highest BCUT2D eigenvalue weighted by atomic mass is 16.2. The smallest absolute Gasteiger partial charge is 0.286 e. The molecule has 144 valence electrons. The fourth-order valence-electron chi connectivity index (χ4n) is 4.50. The second kappa shape index (κ2) is 6.87. The van der Waals surface area contributed by atoms with E-state index in [9.17, 15) is 9.59 Å². The third-order valence-corrected chi connectivity index (χ3v) is 5.84. The fourth-order valence-corrected chi connectivity index (χ4v) is 4.50. The minimum atomic E-state index is -0.395. The Bertz CT molecular complexity index is 1060. The molecule has 3 fully saturated rings. The van der Waals surface area contributed by atoms with Crippen LogP contribution in [0.4, 0.5) is 0 Å². The average molecular weight is 378 g/mol. The number of hydrogen-bond acceptors (Lipinski definition) is 5. The number of aromatic nitrogens is 4. The molecule has 2 bridgehead atoms. The Balaban J connectivity index is 1.39. The van der Waals surface area contributed by atoms with Crippen LogP contribution >= 0.6 is 0 Å². The van der Waals surface area contributed by atoms with Crippen molar-refractivity contribution in [1.82, 2.24) is 29.4 Å². The molecule has 3 saturated heterocycles. The van der Waals surface area contributed by atoms with Crippen molar-refractivity contribution in [3.63, 3.8) is 0 Å². The van der Waals surface area contributed by atoms with Gasteiger partial charge in [0.05, 0.1) is 0 Å². The summed E-state index contributed by atoms with van der Waals surface area (Å²) < 4.78 is 1.21. The Hall–Kier alpha value is -3.00. The maximum atomic E-state index is 13.2. The van der Waals surface area contributed by atoms with Gasteiger partial charge in [0.15, 0.2) is 0 Å². The van der Waals surface area contributed by atoms with Crippen LogP contribution in [0.3, 0.4) is 0 Å². The summed E-state index contributed by atoms with van der Waals surface area (Å²) in [5.41, 5.74) is 0.992. The average Bonchev–Trinajstić information content (AvgIpc) is 3.03. The van der Waals surface area contributed by atoms with Gasteiger partial charge in [-0.15, -0.1) is 0 Å². The lowest BCUT2D eigenvalue weighted by Crippen LogP contribution is -2.48. The third-order valence-electron chi connectivity index (χ3n) is 5.84.